The lowest BCUT2D eigenvalue weighted by Gasteiger charge is -2.14. The van der Waals surface area contributed by atoms with Crippen molar-refractivity contribution in [2.75, 3.05) is 0 Å². The number of aliphatic carboxylic acids is 1. The van der Waals surface area contributed by atoms with Crippen LogP contribution in [0.25, 0.3) is 0 Å². The summed E-state index contributed by atoms with van der Waals surface area (Å²) in [5.74, 6) is -4.43. The fraction of sp³-hybridized carbons (Fsp3) is 0.385. The van der Waals surface area contributed by atoms with Crippen molar-refractivity contribution in [2.45, 2.75) is 32.2 Å². The zero-order valence-electron chi connectivity index (χ0n) is 10.8. The second kappa shape index (κ2) is 7.19. The van der Waals surface area contributed by atoms with Crippen LogP contribution in [-0.4, -0.2) is 23.0 Å². The summed E-state index contributed by atoms with van der Waals surface area (Å²) in [6, 6.07) is 0.228. The number of hydrogen-bond donors (Lipinski definition) is 2. The fourth-order valence-corrected chi connectivity index (χ4v) is 1.83. The zero-order valence-corrected chi connectivity index (χ0v) is 11.5. The molecular formula is C13H14ClF2NO3. The van der Waals surface area contributed by atoms with Crippen LogP contribution in [0.15, 0.2) is 12.1 Å². The van der Waals surface area contributed by atoms with E-state index in [4.69, 9.17) is 16.7 Å². The van der Waals surface area contributed by atoms with Gasteiger partial charge in [0.25, 0.3) is 5.91 Å². The molecule has 0 aliphatic heterocycles. The van der Waals surface area contributed by atoms with Crippen LogP contribution in [0, 0.1) is 11.6 Å². The molecule has 1 aromatic carbocycles. The van der Waals surface area contributed by atoms with Crippen molar-refractivity contribution in [3.63, 3.8) is 0 Å². The largest absolute Gasteiger partial charge is 0.480 e. The van der Waals surface area contributed by atoms with Gasteiger partial charge < -0.3 is 10.4 Å². The SMILES string of the molecule is CCCC[C@H](NC(=O)c1cc(F)c(F)cc1Cl)C(=O)O. The average molecular weight is 306 g/mol. The van der Waals surface area contributed by atoms with Gasteiger partial charge in [-0.25, -0.2) is 13.6 Å². The highest BCUT2D eigenvalue weighted by molar-refractivity contribution is 6.33. The van der Waals surface area contributed by atoms with Crippen LogP contribution in [0.5, 0.6) is 0 Å². The minimum atomic E-state index is -1.22. The molecule has 0 saturated carbocycles. The van der Waals surface area contributed by atoms with E-state index in [2.05, 4.69) is 5.32 Å². The maximum atomic E-state index is 13.1. The van der Waals surface area contributed by atoms with E-state index in [0.29, 0.717) is 18.6 Å². The maximum absolute atomic E-state index is 13.1. The predicted molar refractivity (Wildman–Crippen MR) is 69.8 cm³/mol. The Hall–Kier alpha value is -1.69. The van der Waals surface area contributed by atoms with Gasteiger partial charge in [0.05, 0.1) is 10.6 Å². The number of unbranched alkanes of at least 4 members (excludes halogenated alkanes) is 1. The topological polar surface area (TPSA) is 66.4 Å². The number of carbonyl (C=O) groups excluding carboxylic acids is 1. The minimum Gasteiger partial charge on any atom is -0.480 e. The molecule has 0 radical (unpaired) electrons. The van der Waals surface area contributed by atoms with E-state index in [1.165, 1.54) is 0 Å². The molecule has 0 bridgehead atoms. The number of rotatable bonds is 6. The van der Waals surface area contributed by atoms with Crippen molar-refractivity contribution in [1.82, 2.24) is 5.32 Å². The van der Waals surface area contributed by atoms with Crippen LogP contribution in [0.3, 0.4) is 0 Å². The molecule has 0 spiro atoms. The lowest BCUT2D eigenvalue weighted by molar-refractivity contribution is -0.139. The molecule has 0 fully saturated rings. The normalized spacial score (nSPS) is 12.0. The molecule has 1 atom stereocenters. The van der Waals surface area contributed by atoms with Gasteiger partial charge in [0, 0.05) is 0 Å². The molecule has 0 aliphatic rings. The highest BCUT2D eigenvalue weighted by atomic mass is 35.5. The van der Waals surface area contributed by atoms with E-state index in [0.717, 1.165) is 6.42 Å². The van der Waals surface area contributed by atoms with Crippen LogP contribution >= 0.6 is 11.6 Å². The smallest absolute Gasteiger partial charge is 0.326 e. The van der Waals surface area contributed by atoms with Crippen molar-refractivity contribution in [3.05, 3.63) is 34.4 Å². The quantitative estimate of drug-likeness (QED) is 0.794. The number of carboxylic acids is 1. The van der Waals surface area contributed by atoms with Gasteiger partial charge in [-0.15, -0.1) is 0 Å². The number of hydrogen-bond acceptors (Lipinski definition) is 2. The van der Waals surface area contributed by atoms with Gasteiger partial charge in [-0.3, -0.25) is 4.79 Å². The Labute approximate surface area is 119 Å². The molecule has 0 saturated heterocycles. The summed E-state index contributed by atoms with van der Waals surface area (Å²) in [5.41, 5.74) is -0.298. The van der Waals surface area contributed by atoms with E-state index in [1.54, 1.807) is 0 Å². The summed E-state index contributed by atoms with van der Waals surface area (Å²) < 4.78 is 26.0. The van der Waals surface area contributed by atoms with Crippen molar-refractivity contribution < 1.29 is 23.5 Å². The standard InChI is InChI=1S/C13H14ClF2NO3/c1-2-3-4-11(13(19)20)17-12(18)7-5-9(15)10(16)6-8(7)14/h5-6,11H,2-4H2,1H3,(H,17,18)(H,19,20)/t11-/m0/s1. The van der Waals surface area contributed by atoms with Crippen molar-refractivity contribution >= 4 is 23.5 Å². The van der Waals surface area contributed by atoms with Gasteiger partial charge >= 0.3 is 5.97 Å². The van der Waals surface area contributed by atoms with Gasteiger partial charge in [-0.2, -0.15) is 0 Å². The van der Waals surface area contributed by atoms with E-state index >= 15 is 0 Å². The first-order valence-electron chi connectivity index (χ1n) is 6.05. The number of nitrogens with one attached hydrogen (secondary N) is 1. The molecule has 1 aromatic rings. The Bertz CT molecular complexity index is 523. The van der Waals surface area contributed by atoms with Gasteiger partial charge in [-0.05, 0) is 18.6 Å². The Morgan fingerprint density at radius 2 is 1.95 bits per heavy atom. The molecule has 0 unspecified atom stereocenters. The molecule has 2 N–H and O–H groups in total. The summed E-state index contributed by atoms with van der Waals surface area (Å²) in [5, 5.41) is 10.9. The summed E-state index contributed by atoms with van der Waals surface area (Å²) in [6.07, 6.45) is 1.63. The predicted octanol–water partition coefficient (Wildman–Crippen LogP) is 2.99. The Morgan fingerprint density at radius 1 is 1.35 bits per heavy atom. The first-order valence-corrected chi connectivity index (χ1v) is 6.42. The van der Waals surface area contributed by atoms with Gasteiger partial charge in [0.2, 0.25) is 0 Å². The first-order chi connectivity index (χ1) is 9.36. The summed E-state index contributed by atoms with van der Waals surface area (Å²) in [6.45, 7) is 1.88. The van der Waals surface area contributed by atoms with Crippen molar-refractivity contribution in [2.24, 2.45) is 0 Å². The molecule has 1 rings (SSSR count). The number of halogens is 3. The Kier molecular flexibility index (Phi) is 5.88. The van der Waals surface area contributed by atoms with Crippen LogP contribution in [0.4, 0.5) is 8.78 Å². The zero-order chi connectivity index (χ0) is 15.3. The van der Waals surface area contributed by atoms with Crippen molar-refractivity contribution in [3.8, 4) is 0 Å². The highest BCUT2D eigenvalue weighted by Gasteiger charge is 2.22. The molecular weight excluding hydrogens is 292 g/mol. The highest BCUT2D eigenvalue weighted by Crippen LogP contribution is 2.20. The summed E-state index contributed by atoms with van der Waals surface area (Å²) >= 11 is 5.65. The lowest BCUT2D eigenvalue weighted by Crippen LogP contribution is -2.40. The fourth-order valence-electron chi connectivity index (χ4n) is 1.60. The van der Waals surface area contributed by atoms with Crippen LogP contribution in [0.2, 0.25) is 5.02 Å². The minimum absolute atomic E-state index is 0.249. The molecule has 20 heavy (non-hydrogen) atoms. The number of carboxylic acid groups (broad SMARTS) is 1. The number of benzene rings is 1. The van der Waals surface area contributed by atoms with Crippen LogP contribution in [-0.2, 0) is 4.79 Å². The van der Waals surface area contributed by atoms with Gasteiger partial charge in [-0.1, -0.05) is 31.4 Å². The van der Waals surface area contributed by atoms with Crippen LogP contribution in [0.1, 0.15) is 36.5 Å². The van der Waals surface area contributed by atoms with E-state index in [1.807, 2.05) is 6.92 Å². The maximum Gasteiger partial charge on any atom is 0.326 e. The first kappa shape index (κ1) is 16.4. The molecule has 1 amide bonds. The van der Waals surface area contributed by atoms with E-state index in [9.17, 15) is 18.4 Å². The second-order valence-corrected chi connectivity index (χ2v) is 4.66. The Morgan fingerprint density at radius 3 is 2.50 bits per heavy atom. The third kappa shape index (κ3) is 4.16. The van der Waals surface area contributed by atoms with Gasteiger partial charge in [0.15, 0.2) is 11.6 Å². The van der Waals surface area contributed by atoms with Gasteiger partial charge in [0.1, 0.15) is 6.04 Å². The molecule has 0 aliphatic carbocycles. The third-order valence-electron chi connectivity index (χ3n) is 2.70. The molecule has 110 valence electrons. The average Bonchev–Trinajstić information content (AvgIpc) is 2.38. The molecule has 7 heteroatoms. The van der Waals surface area contributed by atoms with Crippen molar-refractivity contribution in [1.29, 1.82) is 0 Å². The summed E-state index contributed by atoms with van der Waals surface area (Å²) in [7, 11) is 0. The molecule has 4 nitrogen and oxygen atoms in total. The lowest BCUT2D eigenvalue weighted by atomic mass is 10.1. The molecule has 0 aromatic heterocycles. The molecule has 0 heterocycles. The van der Waals surface area contributed by atoms with E-state index in [-0.39, 0.29) is 17.0 Å². The number of amides is 1. The van der Waals surface area contributed by atoms with E-state index < -0.39 is 29.6 Å². The summed E-state index contributed by atoms with van der Waals surface area (Å²) in [4.78, 5) is 22.9. The van der Waals surface area contributed by atoms with Crippen LogP contribution < -0.4 is 5.32 Å². The third-order valence-corrected chi connectivity index (χ3v) is 3.02. The Balaban J connectivity index is 2.89. The monoisotopic (exact) mass is 305 g/mol. The number of carbonyl (C=O) groups is 2. The second-order valence-electron chi connectivity index (χ2n) is 4.25.